The fourth-order valence-corrected chi connectivity index (χ4v) is 1.06. The van der Waals surface area contributed by atoms with Gasteiger partial charge in [0.05, 0.1) is 0 Å². The van der Waals surface area contributed by atoms with E-state index in [1.807, 2.05) is 14.0 Å². The number of nitrogens with zero attached hydrogens (tertiary/aromatic N) is 1. The molecule has 0 heterocycles. The van der Waals surface area contributed by atoms with Crippen molar-refractivity contribution in [1.29, 1.82) is 0 Å². The Morgan fingerprint density at radius 1 is 1.27 bits per heavy atom. The lowest BCUT2D eigenvalue weighted by atomic mass is 10.2. The van der Waals surface area contributed by atoms with Crippen LogP contribution < -0.4 is 0 Å². The SMILES string of the molecule is CC1CC1.CCCCCC(=O)N(C)CC. The highest BCUT2D eigenvalue weighted by Crippen LogP contribution is 2.26. The van der Waals surface area contributed by atoms with E-state index < -0.39 is 0 Å². The summed E-state index contributed by atoms with van der Waals surface area (Å²) in [6.45, 7) is 7.25. The van der Waals surface area contributed by atoms with Crippen LogP contribution in [0.5, 0.6) is 0 Å². The molecule has 0 aromatic rings. The summed E-state index contributed by atoms with van der Waals surface area (Å²) in [4.78, 5) is 12.9. The minimum Gasteiger partial charge on any atom is -0.346 e. The van der Waals surface area contributed by atoms with E-state index in [1.54, 1.807) is 4.90 Å². The molecule has 0 bridgehead atoms. The lowest BCUT2D eigenvalue weighted by Crippen LogP contribution is -2.25. The molecule has 0 radical (unpaired) electrons. The molecule has 0 unspecified atom stereocenters. The van der Waals surface area contributed by atoms with Crippen LogP contribution >= 0.6 is 0 Å². The van der Waals surface area contributed by atoms with Crippen LogP contribution in [0.1, 0.15) is 59.3 Å². The van der Waals surface area contributed by atoms with Gasteiger partial charge >= 0.3 is 0 Å². The molecule has 0 atom stereocenters. The molecule has 90 valence electrons. The highest BCUT2D eigenvalue weighted by molar-refractivity contribution is 5.75. The highest BCUT2D eigenvalue weighted by Gasteiger charge is 2.12. The molecular formula is C13H27NO. The van der Waals surface area contributed by atoms with E-state index in [0.29, 0.717) is 0 Å². The van der Waals surface area contributed by atoms with Gasteiger partial charge in [0.2, 0.25) is 5.91 Å². The molecule has 0 aliphatic heterocycles. The van der Waals surface area contributed by atoms with Gasteiger partial charge in [0.1, 0.15) is 0 Å². The molecule has 1 aliphatic rings. The van der Waals surface area contributed by atoms with Gasteiger partial charge in [-0.05, 0) is 19.3 Å². The average molecular weight is 213 g/mol. The van der Waals surface area contributed by atoms with Crippen molar-refractivity contribution in [3.05, 3.63) is 0 Å². The number of rotatable bonds is 5. The van der Waals surface area contributed by atoms with Crippen molar-refractivity contribution >= 4 is 5.91 Å². The second-order valence-corrected chi connectivity index (χ2v) is 4.55. The Bertz CT molecular complexity index is 164. The molecule has 1 fully saturated rings. The number of unbranched alkanes of at least 4 members (excludes halogenated alkanes) is 2. The van der Waals surface area contributed by atoms with Gasteiger partial charge < -0.3 is 4.90 Å². The zero-order valence-corrected chi connectivity index (χ0v) is 10.9. The zero-order valence-electron chi connectivity index (χ0n) is 10.9. The molecule has 2 nitrogen and oxygen atoms in total. The van der Waals surface area contributed by atoms with Crippen LogP contribution in [0.15, 0.2) is 0 Å². The van der Waals surface area contributed by atoms with E-state index in [9.17, 15) is 4.79 Å². The van der Waals surface area contributed by atoms with Crippen LogP contribution in [0, 0.1) is 5.92 Å². The number of amides is 1. The van der Waals surface area contributed by atoms with Gasteiger partial charge in [0.25, 0.3) is 0 Å². The fraction of sp³-hybridized carbons (Fsp3) is 0.923. The third-order valence-corrected chi connectivity index (χ3v) is 2.76. The molecule has 0 spiro atoms. The van der Waals surface area contributed by atoms with E-state index in [2.05, 4.69) is 13.8 Å². The molecule has 1 amide bonds. The molecule has 15 heavy (non-hydrogen) atoms. The number of carbonyl (C=O) groups is 1. The molecule has 1 aliphatic carbocycles. The van der Waals surface area contributed by atoms with Crippen molar-refractivity contribution in [2.75, 3.05) is 13.6 Å². The number of hydrogen-bond acceptors (Lipinski definition) is 1. The van der Waals surface area contributed by atoms with Crippen LogP contribution in [0.4, 0.5) is 0 Å². The lowest BCUT2D eigenvalue weighted by Gasteiger charge is -2.13. The van der Waals surface area contributed by atoms with Crippen molar-refractivity contribution in [3.8, 4) is 0 Å². The Labute approximate surface area is 95.0 Å². The zero-order chi connectivity index (χ0) is 11.7. The summed E-state index contributed by atoms with van der Waals surface area (Å²) >= 11 is 0. The minimum absolute atomic E-state index is 0.279. The van der Waals surface area contributed by atoms with Crippen LogP contribution in [0.3, 0.4) is 0 Å². The third-order valence-electron chi connectivity index (χ3n) is 2.76. The van der Waals surface area contributed by atoms with Crippen LogP contribution in [-0.2, 0) is 4.79 Å². The Balaban J connectivity index is 0.000000401. The van der Waals surface area contributed by atoms with Crippen LogP contribution in [0.2, 0.25) is 0 Å². The molecule has 1 saturated carbocycles. The summed E-state index contributed by atoms with van der Waals surface area (Å²) in [5.41, 5.74) is 0. The van der Waals surface area contributed by atoms with Crippen molar-refractivity contribution < 1.29 is 4.79 Å². The second kappa shape index (κ2) is 8.75. The van der Waals surface area contributed by atoms with Gasteiger partial charge in [-0.15, -0.1) is 0 Å². The van der Waals surface area contributed by atoms with Crippen molar-refractivity contribution in [3.63, 3.8) is 0 Å². The first kappa shape index (κ1) is 14.5. The molecule has 0 aromatic carbocycles. The summed E-state index contributed by atoms with van der Waals surface area (Å²) in [6, 6.07) is 0. The van der Waals surface area contributed by atoms with E-state index in [-0.39, 0.29) is 5.91 Å². The van der Waals surface area contributed by atoms with E-state index >= 15 is 0 Å². The van der Waals surface area contributed by atoms with E-state index in [4.69, 9.17) is 0 Å². The third kappa shape index (κ3) is 9.77. The summed E-state index contributed by atoms with van der Waals surface area (Å²) < 4.78 is 0. The Morgan fingerprint density at radius 2 is 1.80 bits per heavy atom. The van der Waals surface area contributed by atoms with Gasteiger partial charge in [-0.2, -0.15) is 0 Å². The first-order chi connectivity index (χ1) is 7.11. The first-order valence-corrected chi connectivity index (χ1v) is 6.35. The summed E-state index contributed by atoms with van der Waals surface area (Å²) in [6.07, 6.45) is 7.09. The monoisotopic (exact) mass is 213 g/mol. The Hall–Kier alpha value is -0.530. The van der Waals surface area contributed by atoms with Crippen molar-refractivity contribution in [2.24, 2.45) is 5.92 Å². The standard InChI is InChI=1S/C9H19NO.C4H8/c1-4-6-7-8-9(11)10(3)5-2;1-4-2-3-4/h4-8H2,1-3H3;4H,2-3H2,1H3. The summed E-state index contributed by atoms with van der Waals surface area (Å²) in [5, 5.41) is 0. The van der Waals surface area contributed by atoms with Gasteiger partial charge in [0.15, 0.2) is 0 Å². The molecule has 0 N–H and O–H groups in total. The van der Waals surface area contributed by atoms with Gasteiger partial charge in [-0.3, -0.25) is 4.79 Å². The quantitative estimate of drug-likeness (QED) is 0.640. The maximum atomic E-state index is 11.2. The smallest absolute Gasteiger partial charge is 0.222 e. The van der Waals surface area contributed by atoms with Crippen LogP contribution in [0.25, 0.3) is 0 Å². The molecular weight excluding hydrogens is 186 g/mol. The van der Waals surface area contributed by atoms with Gasteiger partial charge in [-0.25, -0.2) is 0 Å². The average Bonchev–Trinajstić information content (AvgIpc) is 3.00. The second-order valence-electron chi connectivity index (χ2n) is 4.55. The van der Waals surface area contributed by atoms with Gasteiger partial charge in [-0.1, -0.05) is 39.5 Å². The Kier molecular flexibility index (Phi) is 8.44. The van der Waals surface area contributed by atoms with Crippen molar-refractivity contribution in [2.45, 2.75) is 59.3 Å². The van der Waals surface area contributed by atoms with Crippen LogP contribution in [-0.4, -0.2) is 24.4 Å². The van der Waals surface area contributed by atoms with Gasteiger partial charge in [0, 0.05) is 20.0 Å². The summed E-state index contributed by atoms with van der Waals surface area (Å²) in [5.74, 6) is 1.36. The largest absolute Gasteiger partial charge is 0.346 e. The van der Waals surface area contributed by atoms with E-state index in [0.717, 1.165) is 25.3 Å². The number of carbonyl (C=O) groups excluding carboxylic acids is 1. The first-order valence-electron chi connectivity index (χ1n) is 6.35. The summed E-state index contributed by atoms with van der Waals surface area (Å²) in [7, 11) is 1.86. The molecule has 0 saturated heterocycles. The maximum absolute atomic E-state index is 11.2. The molecule has 2 heteroatoms. The number of hydrogen-bond donors (Lipinski definition) is 0. The topological polar surface area (TPSA) is 20.3 Å². The Morgan fingerprint density at radius 3 is 2.13 bits per heavy atom. The normalized spacial score (nSPS) is 14.1. The lowest BCUT2D eigenvalue weighted by molar-refractivity contribution is -0.129. The molecule has 0 aromatic heterocycles. The fourth-order valence-electron chi connectivity index (χ4n) is 1.06. The highest BCUT2D eigenvalue weighted by atomic mass is 16.2. The minimum atomic E-state index is 0.279. The predicted molar refractivity (Wildman–Crippen MR) is 65.9 cm³/mol. The predicted octanol–water partition coefficient (Wildman–Crippen LogP) is 3.46. The molecule has 1 rings (SSSR count). The van der Waals surface area contributed by atoms with E-state index in [1.165, 1.54) is 25.7 Å². The maximum Gasteiger partial charge on any atom is 0.222 e. The van der Waals surface area contributed by atoms with Crippen molar-refractivity contribution in [1.82, 2.24) is 4.90 Å².